The van der Waals surface area contributed by atoms with Gasteiger partial charge in [-0.3, -0.25) is 14.6 Å². The minimum absolute atomic E-state index is 0.0863. The van der Waals surface area contributed by atoms with Gasteiger partial charge in [0.25, 0.3) is 0 Å². The highest BCUT2D eigenvalue weighted by Crippen LogP contribution is 2.20. The lowest BCUT2D eigenvalue weighted by atomic mass is 9.95. The molecule has 0 bridgehead atoms. The van der Waals surface area contributed by atoms with Crippen LogP contribution in [0.2, 0.25) is 0 Å². The smallest absolute Gasteiger partial charge is 0.224 e. The fourth-order valence-electron chi connectivity index (χ4n) is 3.76. The van der Waals surface area contributed by atoms with E-state index in [1.54, 1.807) is 6.20 Å². The molecule has 1 saturated heterocycles. The van der Waals surface area contributed by atoms with E-state index in [1.165, 1.54) is 31.3 Å². The third kappa shape index (κ3) is 5.41. The number of nitrogens with one attached hydrogen (secondary N) is 1. The molecule has 1 fully saturated rings. The van der Waals surface area contributed by atoms with E-state index in [2.05, 4.69) is 16.4 Å². The van der Waals surface area contributed by atoms with E-state index in [4.69, 9.17) is 0 Å². The Bertz CT molecular complexity index is 642. The van der Waals surface area contributed by atoms with E-state index in [0.29, 0.717) is 32.5 Å². The number of hydrogen-bond acceptors (Lipinski definition) is 3. The van der Waals surface area contributed by atoms with E-state index in [0.717, 1.165) is 18.5 Å². The topological polar surface area (TPSA) is 62.3 Å². The quantitative estimate of drug-likeness (QED) is 0.765. The first kappa shape index (κ1) is 18.6. The van der Waals surface area contributed by atoms with Crippen LogP contribution in [0, 0.1) is 5.92 Å². The first-order valence-corrected chi connectivity index (χ1v) is 9.85. The summed E-state index contributed by atoms with van der Waals surface area (Å²) in [6.07, 6.45) is 11.8. The molecule has 0 radical (unpaired) electrons. The number of pyridine rings is 1. The highest BCUT2D eigenvalue weighted by atomic mass is 16.2. The second-order valence-corrected chi connectivity index (χ2v) is 7.30. The number of aromatic nitrogens is 1. The van der Waals surface area contributed by atoms with Crippen LogP contribution in [0.4, 0.5) is 0 Å². The predicted molar refractivity (Wildman–Crippen MR) is 101 cm³/mol. The van der Waals surface area contributed by atoms with Crippen molar-refractivity contribution >= 4 is 11.8 Å². The number of likely N-dealkylation sites (tertiary alicyclic amines) is 1. The Morgan fingerprint density at radius 2 is 2.15 bits per heavy atom. The molecule has 0 saturated carbocycles. The summed E-state index contributed by atoms with van der Waals surface area (Å²) in [6, 6.07) is 5.82. The minimum Gasteiger partial charge on any atom is -0.355 e. The molecular weight excluding hydrogens is 326 g/mol. The van der Waals surface area contributed by atoms with Crippen LogP contribution in [0.25, 0.3) is 0 Å². The highest BCUT2D eigenvalue weighted by molar-refractivity contribution is 5.83. The molecule has 140 valence electrons. The summed E-state index contributed by atoms with van der Waals surface area (Å²) in [4.78, 5) is 30.8. The molecule has 26 heavy (non-hydrogen) atoms. The van der Waals surface area contributed by atoms with Gasteiger partial charge in [-0.15, -0.1) is 0 Å². The molecule has 1 unspecified atom stereocenters. The van der Waals surface area contributed by atoms with Crippen molar-refractivity contribution in [2.75, 3.05) is 19.6 Å². The number of piperidine rings is 1. The van der Waals surface area contributed by atoms with Crippen molar-refractivity contribution in [3.05, 3.63) is 41.7 Å². The van der Waals surface area contributed by atoms with Gasteiger partial charge in [-0.25, -0.2) is 0 Å². The van der Waals surface area contributed by atoms with Gasteiger partial charge in [-0.2, -0.15) is 0 Å². The zero-order valence-electron chi connectivity index (χ0n) is 15.5. The zero-order chi connectivity index (χ0) is 18.2. The van der Waals surface area contributed by atoms with Crippen molar-refractivity contribution < 1.29 is 9.59 Å². The van der Waals surface area contributed by atoms with Crippen molar-refractivity contribution in [3.63, 3.8) is 0 Å². The van der Waals surface area contributed by atoms with Crippen LogP contribution in [0.3, 0.4) is 0 Å². The van der Waals surface area contributed by atoms with E-state index in [-0.39, 0.29) is 17.7 Å². The average Bonchev–Trinajstić information content (AvgIpc) is 2.69. The fraction of sp³-hybridized carbons (Fsp3) is 0.571. The van der Waals surface area contributed by atoms with Crippen LogP contribution >= 0.6 is 0 Å². The lowest BCUT2D eigenvalue weighted by molar-refractivity contribution is -0.138. The Hall–Kier alpha value is -2.17. The second-order valence-electron chi connectivity index (χ2n) is 7.30. The maximum atomic E-state index is 12.5. The molecule has 1 aliphatic carbocycles. The van der Waals surface area contributed by atoms with Crippen LogP contribution in [0.1, 0.15) is 50.6 Å². The molecule has 1 aliphatic heterocycles. The van der Waals surface area contributed by atoms with Gasteiger partial charge in [0.05, 0.1) is 5.92 Å². The van der Waals surface area contributed by atoms with Crippen LogP contribution < -0.4 is 5.32 Å². The number of amides is 2. The number of carbonyl (C=O) groups is 2. The standard InChI is InChI=1S/C21H29N3O2/c25-20-10-9-18(16-24(20)15-12-19-8-4-5-13-22-19)21(26)23-14-11-17-6-2-1-3-7-17/h4-6,8,13,18H,1-3,7,9-12,14-16H2,(H,23,26). The van der Waals surface area contributed by atoms with Crippen molar-refractivity contribution in [3.8, 4) is 0 Å². The van der Waals surface area contributed by atoms with Crippen LogP contribution in [0.5, 0.6) is 0 Å². The molecule has 5 nitrogen and oxygen atoms in total. The number of allylic oxidation sites excluding steroid dienone is 1. The summed E-state index contributed by atoms with van der Waals surface area (Å²) in [5.41, 5.74) is 2.46. The maximum Gasteiger partial charge on any atom is 0.224 e. The maximum absolute atomic E-state index is 12.5. The van der Waals surface area contributed by atoms with Crippen molar-refractivity contribution in [2.24, 2.45) is 5.92 Å². The van der Waals surface area contributed by atoms with E-state index >= 15 is 0 Å². The second kappa shape index (κ2) is 9.51. The molecule has 1 aromatic heterocycles. The average molecular weight is 355 g/mol. The Kier molecular flexibility index (Phi) is 6.81. The van der Waals surface area contributed by atoms with Crippen molar-refractivity contribution in [2.45, 2.75) is 51.4 Å². The van der Waals surface area contributed by atoms with Gasteiger partial charge in [-0.05, 0) is 50.7 Å². The summed E-state index contributed by atoms with van der Waals surface area (Å²) in [5.74, 6) is 0.158. The van der Waals surface area contributed by atoms with Gasteiger partial charge in [0, 0.05) is 44.4 Å². The molecule has 1 N–H and O–H groups in total. The van der Waals surface area contributed by atoms with Gasteiger partial charge in [-0.1, -0.05) is 17.7 Å². The molecular formula is C21H29N3O2. The van der Waals surface area contributed by atoms with Gasteiger partial charge < -0.3 is 10.2 Å². The van der Waals surface area contributed by atoms with Gasteiger partial charge in [0.1, 0.15) is 0 Å². The van der Waals surface area contributed by atoms with Gasteiger partial charge >= 0.3 is 0 Å². The van der Waals surface area contributed by atoms with E-state index in [9.17, 15) is 9.59 Å². The SMILES string of the molecule is O=C(NCCC1=CCCCC1)C1CCC(=O)N(CCc2ccccn2)C1. The lowest BCUT2D eigenvalue weighted by Crippen LogP contribution is -2.46. The first-order chi connectivity index (χ1) is 12.7. The molecule has 1 aromatic rings. The van der Waals surface area contributed by atoms with E-state index in [1.807, 2.05) is 23.1 Å². The highest BCUT2D eigenvalue weighted by Gasteiger charge is 2.29. The summed E-state index contributed by atoms with van der Waals surface area (Å²) < 4.78 is 0. The summed E-state index contributed by atoms with van der Waals surface area (Å²) in [6.45, 7) is 1.87. The fourth-order valence-corrected chi connectivity index (χ4v) is 3.76. The van der Waals surface area contributed by atoms with Crippen LogP contribution in [-0.2, 0) is 16.0 Å². The molecule has 2 aliphatic rings. The number of nitrogens with zero attached hydrogens (tertiary/aromatic N) is 2. The molecule has 0 spiro atoms. The van der Waals surface area contributed by atoms with E-state index < -0.39 is 0 Å². The Morgan fingerprint density at radius 1 is 1.23 bits per heavy atom. The summed E-state index contributed by atoms with van der Waals surface area (Å²) in [5, 5.41) is 3.08. The normalized spacial score (nSPS) is 20.6. The third-order valence-corrected chi connectivity index (χ3v) is 5.37. The molecule has 0 aromatic carbocycles. The monoisotopic (exact) mass is 355 g/mol. The Balaban J connectivity index is 1.43. The first-order valence-electron chi connectivity index (χ1n) is 9.85. The molecule has 2 amide bonds. The lowest BCUT2D eigenvalue weighted by Gasteiger charge is -2.32. The zero-order valence-corrected chi connectivity index (χ0v) is 15.5. The number of carbonyl (C=O) groups excluding carboxylic acids is 2. The molecule has 3 rings (SSSR count). The summed E-state index contributed by atoms with van der Waals surface area (Å²) in [7, 11) is 0. The molecule has 1 atom stereocenters. The minimum atomic E-state index is -0.0863. The Labute approximate surface area is 155 Å². The van der Waals surface area contributed by atoms with Crippen LogP contribution in [0.15, 0.2) is 36.0 Å². The van der Waals surface area contributed by atoms with Crippen molar-refractivity contribution in [1.29, 1.82) is 0 Å². The van der Waals surface area contributed by atoms with Gasteiger partial charge in [0.2, 0.25) is 11.8 Å². The third-order valence-electron chi connectivity index (χ3n) is 5.37. The summed E-state index contributed by atoms with van der Waals surface area (Å²) >= 11 is 0. The number of rotatable bonds is 7. The van der Waals surface area contributed by atoms with Crippen molar-refractivity contribution in [1.82, 2.24) is 15.2 Å². The Morgan fingerprint density at radius 3 is 2.92 bits per heavy atom. The molecule has 5 heteroatoms. The predicted octanol–water partition coefficient (Wildman–Crippen LogP) is 2.87. The largest absolute Gasteiger partial charge is 0.355 e. The number of hydrogen-bond donors (Lipinski definition) is 1. The van der Waals surface area contributed by atoms with Gasteiger partial charge in [0.15, 0.2) is 0 Å². The van der Waals surface area contributed by atoms with Crippen LogP contribution in [-0.4, -0.2) is 41.3 Å². The molecule has 2 heterocycles.